The molecule has 110 valence electrons. The van der Waals surface area contributed by atoms with Crippen molar-refractivity contribution in [3.63, 3.8) is 0 Å². The first kappa shape index (κ1) is 15.0. The van der Waals surface area contributed by atoms with E-state index in [4.69, 9.17) is 9.47 Å². The van der Waals surface area contributed by atoms with Gasteiger partial charge in [0, 0.05) is 23.9 Å². The molecular weight excluding hydrogens is 273 g/mol. The molecule has 0 aromatic heterocycles. The fraction of sp³-hybridized carbons (Fsp3) is 0.188. The summed E-state index contributed by atoms with van der Waals surface area (Å²) in [6.45, 7) is 0.338. The molecule has 0 atom stereocenters. The maximum Gasteiger partial charge on any atom is 0.255 e. The van der Waals surface area contributed by atoms with Crippen LogP contribution in [0.25, 0.3) is 0 Å². The minimum absolute atomic E-state index is 0.319. The minimum Gasteiger partial charge on any atom is -0.496 e. The summed E-state index contributed by atoms with van der Waals surface area (Å²) in [5.41, 5.74) is 1.63. The molecule has 1 N–H and O–H groups in total. The summed E-state index contributed by atoms with van der Waals surface area (Å²) in [5, 5.41) is 2.65. The second-order valence-corrected chi connectivity index (χ2v) is 4.42. The lowest BCUT2D eigenvalue weighted by molar-refractivity contribution is 0.102. The van der Waals surface area contributed by atoms with E-state index in [1.54, 1.807) is 38.5 Å². The summed E-state index contributed by atoms with van der Waals surface area (Å²) in [6.07, 6.45) is 0. The highest BCUT2D eigenvalue weighted by molar-refractivity contribution is 6.04. The van der Waals surface area contributed by atoms with Gasteiger partial charge in [0.15, 0.2) is 0 Å². The molecule has 0 saturated heterocycles. The van der Waals surface area contributed by atoms with Gasteiger partial charge in [-0.3, -0.25) is 4.79 Å². The number of carbonyl (C=O) groups excluding carboxylic acids is 1. The average Bonchev–Trinajstić information content (AvgIpc) is 2.47. The number of benzene rings is 2. The zero-order chi connectivity index (χ0) is 15.2. The molecule has 5 heteroatoms. The molecule has 0 bridgehead atoms. The van der Waals surface area contributed by atoms with Crippen molar-refractivity contribution in [2.24, 2.45) is 0 Å². The summed E-state index contributed by atoms with van der Waals surface area (Å²) in [7, 11) is 3.12. The first-order chi connectivity index (χ1) is 10.1. The molecule has 0 saturated carbocycles. The van der Waals surface area contributed by atoms with E-state index in [9.17, 15) is 9.18 Å². The van der Waals surface area contributed by atoms with Crippen LogP contribution in [0.4, 0.5) is 10.1 Å². The highest BCUT2D eigenvalue weighted by Gasteiger charge is 2.10. The van der Waals surface area contributed by atoms with E-state index < -0.39 is 5.82 Å². The number of carbonyl (C=O) groups is 1. The zero-order valence-electron chi connectivity index (χ0n) is 11.9. The molecule has 0 unspecified atom stereocenters. The number of anilines is 1. The van der Waals surface area contributed by atoms with Crippen LogP contribution in [0.1, 0.15) is 15.9 Å². The second-order valence-electron chi connectivity index (χ2n) is 4.42. The van der Waals surface area contributed by atoms with Crippen LogP contribution < -0.4 is 10.1 Å². The second kappa shape index (κ2) is 6.85. The molecule has 0 aliphatic carbocycles. The van der Waals surface area contributed by atoms with Gasteiger partial charge >= 0.3 is 0 Å². The molecule has 0 spiro atoms. The maximum absolute atomic E-state index is 13.1. The zero-order valence-corrected chi connectivity index (χ0v) is 11.9. The van der Waals surface area contributed by atoms with Crippen molar-refractivity contribution in [1.82, 2.24) is 0 Å². The van der Waals surface area contributed by atoms with E-state index in [1.165, 1.54) is 18.2 Å². The molecule has 0 aliphatic heterocycles. The Morgan fingerprint density at radius 3 is 2.67 bits per heavy atom. The quantitative estimate of drug-likeness (QED) is 0.919. The number of hydrogen-bond acceptors (Lipinski definition) is 3. The van der Waals surface area contributed by atoms with E-state index in [-0.39, 0.29) is 5.91 Å². The predicted octanol–water partition coefficient (Wildman–Crippen LogP) is 3.23. The van der Waals surface area contributed by atoms with Crippen LogP contribution in [0.5, 0.6) is 5.75 Å². The van der Waals surface area contributed by atoms with E-state index in [1.807, 2.05) is 0 Å². The van der Waals surface area contributed by atoms with Gasteiger partial charge in [0.2, 0.25) is 0 Å². The molecule has 0 radical (unpaired) electrons. The number of nitrogens with one attached hydrogen (secondary N) is 1. The van der Waals surface area contributed by atoms with Crippen molar-refractivity contribution in [1.29, 1.82) is 0 Å². The van der Waals surface area contributed by atoms with Gasteiger partial charge < -0.3 is 14.8 Å². The third-order valence-electron chi connectivity index (χ3n) is 2.92. The Labute approximate surface area is 122 Å². The number of halogens is 1. The molecule has 2 rings (SSSR count). The number of rotatable bonds is 5. The molecular formula is C16H16FNO3. The average molecular weight is 289 g/mol. The summed E-state index contributed by atoms with van der Waals surface area (Å²) < 4.78 is 23.4. The Kier molecular flexibility index (Phi) is 4.90. The van der Waals surface area contributed by atoms with Gasteiger partial charge in [0.25, 0.3) is 5.91 Å². The maximum atomic E-state index is 13.1. The Balaban J connectivity index is 2.21. The molecule has 0 aliphatic rings. The third-order valence-corrected chi connectivity index (χ3v) is 2.92. The van der Waals surface area contributed by atoms with Crippen LogP contribution >= 0.6 is 0 Å². The third kappa shape index (κ3) is 3.79. The fourth-order valence-electron chi connectivity index (χ4n) is 1.96. The Morgan fingerprint density at radius 1 is 1.19 bits per heavy atom. The van der Waals surface area contributed by atoms with E-state index in [0.717, 1.165) is 5.56 Å². The van der Waals surface area contributed by atoms with Crippen LogP contribution in [-0.2, 0) is 11.3 Å². The van der Waals surface area contributed by atoms with Gasteiger partial charge in [-0.2, -0.15) is 0 Å². The number of amides is 1. The van der Waals surface area contributed by atoms with E-state index in [0.29, 0.717) is 23.6 Å². The highest BCUT2D eigenvalue weighted by Crippen LogP contribution is 2.21. The Hall–Kier alpha value is -2.40. The summed E-state index contributed by atoms with van der Waals surface area (Å²) >= 11 is 0. The molecule has 0 heterocycles. The lowest BCUT2D eigenvalue weighted by Crippen LogP contribution is -2.12. The molecule has 0 fully saturated rings. The summed E-state index contributed by atoms with van der Waals surface area (Å²) in [5.74, 6) is -0.0673. The minimum atomic E-state index is -0.400. The van der Waals surface area contributed by atoms with Gasteiger partial charge in [0.1, 0.15) is 11.6 Å². The van der Waals surface area contributed by atoms with Crippen molar-refractivity contribution in [3.8, 4) is 5.75 Å². The van der Waals surface area contributed by atoms with Crippen LogP contribution in [0.2, 0.25) is 0 Å². The van der Waals surface area contributed by atoms with Gasteiger partial charge in [-0.15, -0.1) is 0 Å². The lowest BCUT2D eigenvalue weighted by atomic mass is 10.1. The molecule has 21 heavy (non-hydrogen) atoms. The predicted molar refractivity (Wildman–Crippen MR) is 78.1 cm³/mol. The lowest BCUT2D eigenvalue weighted by Gasteiger charge is -2.10. The summed E-state index contributed by atoms with van der Waals surface area (Å²) in [4.78, 5) is 12.2. The van der Waals surface area contributed by atoms with Gasteiger partial charge in [-0.05, 0) is 36.4 Å². The summed E-state index contributed by atoms with van der Waals surface area (Å²) in [6, 6.07) is 10.8. The van der Waals surface area contributed by atoms with E-state index >= 15 is 0 Å². The SMILES string of the molecule is COCc1cc(C(=O)Nc2cccc(F)c2)ccc1OC. The monoisotopic (exact) mass is 289 g/mol. The van der Waals surface area contributed by atoms with Gasteiger partial charge in [-0.1, -0.05) is 6.07 Å². The topological polar surface area (TPSA) is 47.6 Å². The van der Waals surface area contributed by atoms with Crippen molar-refractivity contribution >= 4 is 11.6 Å². The van der Waals surface area contributed by atoms with Crippen molar-refractivity contribution in [2.75, 3.05) is 19.5 Å². The molecule has 2 aromatic carbocycles. The van der Waals surface area contributed by atoms with Crippen molar-refractivity contribution in [2.45, 2.75) is 6.61 Å². The van der Waals surface area contributed by atoms with Gasteiger partial charge in [0.05, 0.1) is 13.7 Å². The number of ether oxygens (including phenoxy) is 2. The van der Waals surface area contributed by atoms with Gasteiger partial charge in [-0.25, -0.2) is 4.39 Å². The smallest absolute Gasteiger partial charge is 0.255 e. The molecule has 2 aromatic rings. The van der Waals surface area contributed by atoms with Crippen molar-refractivity contribution < 1.29 is 18.7 Å². The van der Waals surface area contributed by atoms with Crippen LogP contribution in [0.3, 0.4) is 0 Å². The molecule has 1 amide bonds. The van der Waals surface area contributed by atoms with Crippen LogP contribution in [0, 0.1) is 5.82 Å². The Morgan fingerprint density at radius 2 is 2.00 bits per heavy atom. The van der Waals surface area contributed by atoms with Crippen LogP contribution in [-0.4, -0.2) is 20.1 Å². The Bertz CT molecular complexity index is 643. The van der Waals surface area contributed by atoms with Crippen LogP contribution in [0.15, 0.2) is 42.5 Å². The number of hydrogen-bond donors (Lipinski definition) is 1. The molecule has 4 nitrogen and oxygen atoms in total. The van der Waals surface area contributed by atoms with E-state index in [2.05, 4.69) is 5.32 Å². The fourth-order valence-corrected chi connectivity index (χ4v) is 1.96. The first-order valence-electron chi connectivity index (χ1n) is 6.37. The normalized spacial score (nSPS) is 10.2. The number of methoxy groups -OCH3 is 2. The highest BCUT2D eigenvalue weighted by atomic mass is 19.1. The first-order valence-corrected chi connectivity index (χ1v) is 6.37. The standard InChI is InChI=1S/C16H16FNO3/c1-20-10-12-8-11(6-7-15(12)21-2)16(19)18-14-5-3-4-13(17)9-14/h3-9H,10H2,1-2H3,(H,18,19). The largest absolute Gasteiger partial charge is 0.496 e. The van der Waals surface area contributed by atoms with Crippen molar-refractivity contribution in [3.05, 3.63) is 59.4 Å².